The van der Waals surface area contributed by atoms with Crippen molar-refractivity contribution in [1.82, 2.24) is 5.32 Å². The Kier molecular flexibility index (Phi) is 16.8. The monoisotopic (exact) mass is 374 g/mol. The lowest BCUT2D eigenvalue weighted by molar-refractivity contribution is -0.403. The van der Waals surface area contributed by atoms with E-state index in [1.165, 1.54) is 38.5 Å². The van der Waals surface area contributed by atoms with Crippen LogP contribution in [0, 0.1) is 5.92 Å². The Morgan fingerprint density at radius 1 is 0.846 bits per heavy atom. The standard InChI is InChI=1S/C21H46N2O3/c1-6-10-11-12-13-14-15-20(18-19(5)23-17-16-22)21(24-7-2,25-8-3)26-9-4/h19-20,23H,6-18,22H2,1-5H3. The van der Waals surface area contributed by atoms with E-state index in [2.05, 4.69) is 19.2 Å². The summed E-state index contributed by atoms with van der Waals surface area (Å²) in [6, 6.07) is 0.351. The number of nitrogens with two attached hydrogens (primary N) is 1. The Balaban J connectivity index is 4.96. The van der Waals surface area contributed by atoms with E-state index >= 15 is 0 Å². The summed E-state index contributed by atoms with van der Waals surface area (Å²) in [6.45, 7) is 13.7. The molecule has 158 valence electrons. The molecule has 0 spiro atoms. The first-order valence-electron chi connectivity index (χ1n) is 10.9. The van der Waals surface area contributed by atoms with E-state index in [1.54, 1.807) is 0 Å². The van der Waals surface area contributed by atoms with Gasteiger partial charge in [-0.15, -0.1) is 0 Å². The van der Waals surface area contributed by atoms with Crippen LogP contribution in [-0.4, -0.2) is 44.9 Å². The molecule has 2 unspecified atom stereocenters. The van der Waals surface area contributed by atoms with Gasteiger partial charge < -0.3 is 25.3 Å². The molecule has 0 aromatic heterocycles. The molecule has 3 N–H and O–H groups in total. The molecule has 26 heavy (non-hydrogen) atoms. The van der Waals surface area contributed by atoms with Crippen LogP contribution in [0.25, 0.3) is 0 Å². The second kappa shape index (κ2) is 16.9. The van der Waals surface area contributed by atoms with E-state index in [0.29, 0.717) is 32.4 Å². The average Bonchev–Trinajstić information content (AvgIpc) is 2.62. The lowest BCUT2D eigenvalue weighted by Gasteiger charge is -2.40. The van der Waals surface area contributed by atoms with Crippen molar-refractivity contribution in [2.75, 3.05) is 32.9 Å². The van der Waals surface area contributed by atoms with Crippen molar-refractivity contribution in [2.45, 2.75) is 98.0 Å². The molecule has 0 aliphatic carbocycles. The van der Waals surface area contributed by atoms with E-state index in [1.807, 2.05) is 20.8 Å². The zero-order valence-corrected chi connectivity index (χ0v) is 18.1. The van der Waals surface area contributed by atoms with Crippen LogP contribution in [0.3, 0.4) is 0 Å². The van der Waals surface area contributed by atoms with Crippen LogP contribution in [0.15, 0.2) is 0 Å². The van der Waals surface area contributed by atoms with Crippen molar-refractivity contribution in [3.63, 3.8) is 0 Å². The fourth-order valence-corrected chi connectivity index (χ4v) is 3.53. The third kappa shape index (κ3) is 10.8. The molecule has 0 aliphatic rings. The molecule has 0 aromatic rings. The molecule has 0 amide bonds. The van der Waals surface area contributed by atoms with Gasteiger partial charge in [-0.2, -0.15) is 0 Å². The highest BCUT2D eigenvalue weighted by atomic mass is 16.9. The average molecular weight is 375 g/mol. The maximum absolute atomic E-state index is 6.08. The molecule has 5 heteroatoms. The fourth-order valence-electron chi connectivity index (χ4n) is 3.53. The first-order valence-corrected chi connectivity index (χ1v) is 10.9. The first kappa shape index (κ1) is 25.8. The van der Waals surface area contributed by atoms with E-state index in [4.69, 9.17) is 19.9 Å². The van der Waals surface area contributed by atoms with Gasteiger partial charge in [0.2, 0.25) is 0 Å². The largest absolute Gasteiger partial charge is 0.329 e. The highest BCUT2D eigenvalue weighted by molar-refractivity contribution is 4.77. The molecule has 0 aliphatic heterocycles. The molecule has 0 aromatic carbocycles. The number of hydrogen-bond acceptors (Lipinski definition) is 5. The SMILES string of the molecule is CCCCCCCCC(CC(C)NCCN)C(OCC)(OCC)OCC. The van der Waals surface area contributed by atoms with Crippen molar-refractivity contribution in [3.05, 3.63) is 0 Å². The van der Waals surface area contributed by atoms with Gasteiger partial charge in [0.25, 0.3) is 5.97 Å². The summed E-state index contributed by atoms with van der Waals surface area (Å²) in [5.74, 6) is -0.728. The van der Waals surface area contributed by atoms with Gasteiger partial charge in [0.05, 0.1) is 0 Å². The summed E-state index contributed by atoms with van der Waals surface area (Å²) in [5.41, 5.74) is 5.64. The lowest BCUT2D eigenvalue weighted by Crippen LogP contribution is -2.49. The van der Waals surface area contributed by atoms with Crippen LogP contribution in [-0.2, 0) is 14.2 Å². The maximum Gasteiger partial charge on any atom is 0.285 e. The van der Waals surface area contributed by atoms with Crippen LogP contribution in [0.2, 0.25) is 0 Å². The normalized spacial score (nSPS) is 14.5. The Hall–Kier alpha value is -0.200. The van der Waals surface area contributed by atoms with Gasteiger partial charge in [-0.1, -0.05) is 45.4 Å². The Labute approximate surface area is 162 Å². The predicted molar refractivity (Wildman–Crippen MR) is 110 cm³/mol. The summed E-state index contributed by atoms with van der Waals surface area (Å²) >= 11 is 0. The second-order valence-corrected chi connectivity index (χ2v) is 7.04. The Morgan fingerprint density at radius 2 is 1.38 bits per heavy atom. The molecular formula is C21H46N2O3. The van der Waals surface area contributed by atoms with Crippen molar-refractivity contribution < 1.29 is 14.2 Å². The van der Waals surface area contributed by atoms with E-state index in [0.717, 1.165) is 19.4 Å². The number of rotatable bonds is 19. The summed E-state index contributed by atoms with van der Waals surface area (Å²) in [4.78, 5) is 0. The molecule has 0 radical (unpaired) electrons. The molecule has 5 nitrogen and oxygen atoms in total. The van der Waals surface area contributed by atoms with Gasteiger partial charge in [-0.25, -0.2) is 0 Å². The molecule has 0 saturated heterocycles. The fraction of sp³-hybridized carbons (Fsp3) is 1.00. The van der Waals surface area contributed by atoms with Gasteiger partial charge in [0.15, 0.2) is 0 Å². The Morgan fingerprint density at radius 3 is 1.88 bits per heavy atom. The minimum atomic E-state index is -0.930. The maximum atomic E-state index is 6.08. The number of ether oxygens (including phenoxy) is 3. The minimum absolute atomic E-state index is 0.203. The molecular weight excluding hydrogens is 328 g/mol. The first-order chi connectivity index (χ1) is 12.6. The molecule has 0 saturated carbocycles. The van der Waals surface area contributed by atoms with E-state index in [-0.39, 0.29) is 5.92 Å². The van der Waals surface area contributed by atoms with E-state index in [9.17, 15) is 0 Å². The zero-order chi connectivity index (χ0) is 19.7. The van der Waals surface area contributed by atoms with Crippen molar-refractivity contribution in [1.29, 1.82) is 0 Å². The van der Waals surface area contributed by atoms with Crippen molar-refractivity contribution in [2.24, 2.45) is 11.7 Å². The topological polar surface area (TPSA) is 65.7 Å². The van der Waals surface area contributed by atoms with Gasteiger partial charge in [0.1, 0.15) is 0 Å². The lowest BCUT2D eigenvalue weighted by atomic mass is 9.91. The van der Waals surface area contributed by atoms with Crippen LogP contribution >= 0.6 is 0 Å². The van der Waals surface area contributed by atoms with Gasteiger partial charge in [-0.3, -0.25) is 0 Å². The summed E-state index contributed by atoms with van der Waals surface area (Å²) in [5, 5.41) is 3.49. The van der Waals surface area contributed by atoms with Gasteiger partial charge in [-0.05, 0) is 40.5 Å². The summed E-state index contributed by atoms with van der Waals surface area (Å²) in [7, 11) is 0. The zero-order valence-electron chi connectivity index (χ0n) is 18.1. The van der Waals surface area contributed by atoms with Crippen molar-refractivity contribution in [3.8, 4) is 0 Å². The third-order valence-corrected chi connectivity index (χ3v) is 4.72. The molecule has 0 rings (SSSR count). The Bertz CT molecular complexity index is 286. The van der Waals surface area contributed by atoms with E-state index < -0.39 is 5.97 Å². The third-order valence-electron chi connectivity index (χ3n) is 4.72. The molecule has 2 atom stereocenters. The number of unbranched alkanes of at least 4 members (excludes halogenated alkanes) is 5. The molecule has 0 fully saturated rings. The summed E-state index contributed by atoms with van der Waals surface area (Å²) in [6.07, 6.45) is 9.74. The highest BCUT2D eigenvalue weighted by Gasteiger charge is 2.42. The van der Waals surface area contributed by atoms with Crippen LogP contribution in [0.5, 0.6) is 0 Å². The van der Waals surface area contributed by atoms with Crippen LogP contribution in [0.4, 0.5) is 0 Å². The minimum Gasteiger partial charge on any atom is -0.329 e. The van der Waals surface area contributed by atoms with Gasteiger partial charge in [0, 0.05) is 44.9 Å². The number of hydrogen-bond donors (Lipinski definition) is 2. The number of nitrogens with one attached hydrogen (secondary N) is 1. The highest BCUT2D eigenvalue weighted by Crippen LogP contribution is 2.34. The predicted octanol–water partition coefficient (Wildman–Crippen LogP) is 4.44. The van der Waals surface area contributed by atoms with Crippen LogP contribution < -0.4 is 11.1 Å². The molecule has 0 bridgehead atoms. The van der Waals surface area contributed by atoms with Gasteiger partial charge >= 0.3 is 0 Å². The van der Waals surface area contributed by atoms with Crippen molar-refractivity contribution >= 4 is 0 Å². The second-order valence-electron chi connectivity index (χ2n) is 7.04. The van der Waals surface area contributed by atoms with Crippen LogP contribution in [0.1, 0.15) is 86.0 Å². The molecule has 0 heterocycles. The quantitative estimate of drug-likeness (QED) is 0.258. The smallest absolute Gasteiger partial charge is 0.285 e. The summed E-state index contributed by atoms with van der Waals surface area (Å²) < 4.78 is 18.2.